The van der Waals surface area contributed by atoms with Crippen LogP contribution in [0, 0.1) is 11.8 Å². The van der Waals surface area contributed by atoms with Crippen LogP contribution >= 0.6 is 0 Å². The van der Waals surface area contributed by atoms with Crippen molar-refractivity contribution in [2.24, 2.45) is 11.8 Å². The summed E-state index contributed by atoms with van der Waals surface area (Å²) in [7, 11) is 0. The Kier molecular flexibility index (Phi) is 4.17. The summed E-state index contributed by atoms with van der Waals surface area (Å²) in [6.07, 6.45) is 0. The molecule has 0 N–H and O–H groups in total. The standard InChI is InChI=1S/C9H18O/c1-6-10-9(5)8(4)7(2)3/h7-8H,5-6H2,1-4H3. The minimum atomic E-state index is 0.472. The van der Waals surface area contributed by atoms with Gasteiger partial charge in [-0.3, -0.25) is 0 Å². The van der Waals surface area contributed by atoms with Gasteiger partial charge >= 0.3 is 0 Å². The molecular formula is C9H18O. The van der Waals surface area contributed by atoms with Gasteiger partial charge in [-0.05, 0) is 12.8 Å². The minimum Gasteiger partial charge on any atom is -0.499 e. The van der Waals surface area contributed by atoms with Crippen molar-refractivity contribution >= 4 is 0 Å². The highest BCUT2D eigenvalue weighted by Crippen LogP contribution is 2.18. The molecule has 0 spiro atoms. The molecule has 0 fully saturated rings. The van der Waals surface area contributed by atoms with Crippen LogP contribution in [0.2, 0.25) is 0 Å². The summed E-state index contributed by atoms with van der Waals surface area (Å²) >= 11 is 0. The third kappa shape index (κ3) is 2.90. The molecule has 0 rings (SSSR count). The first-order chi connectivity index (χ1) is 4.59. The van der Waals surface area contributed by atoms with Crippen LogP contribution in [-0.4, -0.2) is 6.61 Å². The van der Waals surface area contributed by atoms with E-state index >= 15 is 0 Å². The molecule has 0 aromatic carbocycles. The topological polar surface area (TPSA) is 9.23 Å². The fourth-order valence-corrected chi connectivity index (χ4v) is 0.689. The smallest absolute Gasteiger partial charge is 0.0918 e. The van der Waals surface area contributed by atoms with Crippen molar-refractivity contribution in [1.82, 2.24) is 0 Å². The number of rotatable bonds is 4. The minimum absolute atomic E-state index is 0.472. The summed E-state index contributed by atoms with van der Waals surface area (Å²) in [5, 5.41) is 0. The number of hydrogen-bond acceptors (Lipinski definition) is 1. The number of allylic oxidation sites excluding steroid dienone is 1. The lowest BCUT2D eigenvalue weighted by Gasteiger charge is -2.17. The summed E-state index contributed by atoms with van der Waals surface area (Å²) in [4.78, 5) is 0. The van der Waals surface area contributed by atoms with Crippen molar-refractivity contribution in [3.63, 3.8) is 0 Å². The van der Waals surface area contributed by atoms with Gasteiger partial charge in [0.1, 0.15) is 0 Å². The van der Waals surface area contributed by atoms with E-state index in [1.54, 1.807) is 0 Å². The fourth-order valence-electron chi connectivity index (χ4n) is 0.689. The summed E-state index contributed by atoms with van der Waals surface area (Å²) in [6.45, 7) is 13.1. The molecule has 0 saturated heterocycles. The van der Waals surface area contributed by atoms with Crippen molar-refractivity contribution in [2.45, 2.75) is 27.7 Å². The lowest BCUT2D eigenvalue weighted by molar-refractivity contribution is 0.180. The second-order valence-corrected chi connectivity index (χ2v) is 2.93. The van der Waals surface area contributed by atoms with Gasteiger partial charge < -0.3 is 4.74 Å². The predicted octanol–water partition coefficient (Wildman–Crippen LogP) is 2.83. The number of hydrogen-bond donors (Lipinski definition) is 0. The first-order valence-corrected chi connectivity index (χ1v) is 3.91. The van der Waals surface area contributed by atoms with E-state index in [1.807, 2.05) is 6.92 Å². The average molecular weight is 142 g/mol. The maximum Gasteiger partial charge on any atom is 0.0918 e. The maximum absolute atomic E-state index is 5.27. The van der Waals surface area contributed by atoms with Crippen LogP contribution in [0.5, 0.6) is 0 Å². The van der Waals surface area contributed by atoms with E-state index in [-0.39, 0.29) is 0 Å². The molecule has 1 heteroatoms. The third-order valence-electron chi connectivity index (χ3n) is 1.84. The fraction of sp³-hybridized carbons (Fsp3) is 0.778. The van der Waals surface area contributed by atoms with Crippen LogP contribution in [0.1, 0.15) is 27.7 Å². The second kappa shape index (κ2) is 4.37. The lowest BCUT2D eigenvalue weighted by atomic mass is 9.97. The van der Waals surface area contributed by atoms with E-state index in [2.05, 4.69) is 27.4 Å². The predicted molar refractivity (Wildman–Crippen MR) is 44.8 cm³/mol. The Bertz CT molecular complexity index is 105. The van der Waals surface area contributed by atoms with Gasteiger partial charge in [-0.1, -0.05) is 27.4 Å². The largest absolute Gasteiger partial charge is 0.499 e. The van der Waals surface area contributed by atoms with E-state index in [0.29, 0.717) is 11.8 Å². The van der Waals surface area contributed by atoms with E-state index in [1.165, 1.54) is 0 Å². The Balaban J connectivity index is 3.71. The molecule has 0 heterocycles. The Morgan fingerprint density at radius 3 is 2.20 bits per heavy atom. The van der Waals surface area contributed by atoms with Crippen LogP contribution in [0.25, 0.3) is 0 Å². The van der Waals surface area contributed by atoms with Gasteiger partial charge in [-0.2, -0.15) is 0 Å². The van der Waals surface area contributed by atoms with Crippen molar-refractivity contribution in [1.29, 1.82) is 0 Å². The first-order valence-electron chi connectivity index (χ1n) is 3.91. The monoisotopic (exact) mass is 142 g/mol. The summed E-state index contributed by atoms with van der Waals surface area (Å²) in [5.41, 5.74) is 0. The summed E-state index contributed by atoms with van der Waals surface area (Å²) in [5.74, 6) is 2.01. The zero-order chi connectivity index (χ0) is 8.15. The normalized spacial score (nSPS) is 13.3. The Morgan fingerprint density at radius 2 is 1.90 bits per heavy atom. The molecular weight excluding hydrogens is 124 g/mol. The van der Waals surface area contributed by atoms with Gasteiger partial charge in [-0.25, -0.2) is 0 Å². The Labute approximate surface area is 64.1 Å². The molecule has 60 valence electrons. The molecule has 0 amide bonds. The highest BCUT2D eigenvalue weighted by Gasteiger charge is 2.10. The second-order valence-electron chi connectivity index (χ2n) is 2.93. The van der Waals surface area contributed by atoms with Crippen molar-refractivity contribution < 1.29 is 4.74 Å². The molecule has 0 bridgehead atoms. The SMILES string of the molecule is C=C(OCC)C(C)C(C)C. The first kappa shape index (κ1) is 9.54. The van der Waals surface area contributed by atoms with Gasteiger partial charge in [0.15, 0.2) is 0 Å². The molecule has 0 aliphatic carbocycles. The molecule has 0 saturated carbocycles. The Hall–Kier alpha value is -0.460. The average Bonchev–Trinajstić information content (AvgIpc) is 1.87. The molecule has 1 nitrogen and oxygen atoms in total. The Morgan fingerprint density at radius 1 is 1.40 bits per heavy atom. The van der Waals surface area contributed by atoms with Crippen LogP contribution in [-0.2, 0) is 4.74 Å². The van der Waals surface area contributed by atoms with E-state index in [0.717, 1.165) is 12.4 Å². The van der Waals surface area contributed by atoms with Crippen molar-refractivity contribution in [3.05, 3.63) is 12.3 Å². The highest BCUT2D eigenvalue weighted by molar-refractivity contribution is 4.89. The summed E-state index contributed by atoms with van der Waals surface area (Å²) in [6, 6.07) is 0. The molecule has 1 unspecified atom stereocenters. The van der Waals surface area contributed by atoms with Gasteiger partial charge in [0.25, 0.3) is 0 Å². The third-order valence-corrected chi connectivity index (χ3v) is 1.84. The van der Waals surface area contributed by atoms with Gasteiger partial charge in [0.2, 0.25) is 0 Å². The van der Waals surface area contributed by atoms with E-state index in [4.69, 9.17) is 4.74 Å². The molecule has 0 aliphatic heterocycles. The zero-order valence-corrected chi connectivity index (χ0v) is 7.48. The quantitative estimate of drug-likeness (QED) is 0.548. The van der Waals surface area contributed by atoms with Crippen molar-refractivity contribution in [3.8, 4) is 0 Å². The molecule has 0 aliphatic rings. The zero-order valence-electron chi connectivity index (χ0n) is 7.48. The van der Waals surface area contributed by atoms with Gasteiger partial charge in [0.05, 0.1) is 12.4 Å². The van der Waals surface area contributed by atoms with Crippen LogP contribution in [0.4, 0.5) is 0 Å². The maximum atomic E-state index is 5.27. The molecule has 0 aromatic rings. The van der Waals surface area contributed by atoms with E-state index in [9.17, 15) is 0 Å². The lowest BCUT2D eigenvalue weighted by Crippen LogP contribution is -2.08. The van der Waals surface area contributed by atoms with Crippen LogP contribution < -0.4 is 0 Å². The summed E-state index contributed by atoms with van der Waals surface area (Å²) < 4.78 is 5.27. The molecule has 10 heavy (non-hydrogen) atoms. The van der Waals surface area contributed by atoms with E-state index < -0.39 is 0 Å². The van der Waals surface area contributed by atoms with Crippen molar-refractivity contribution in [2.75, 3.05) is 6.61 Å². The highest BCUT2D eigenvalue weighted by atomic mass is 16.5. The van der Waals surface area contributed by atoms with Gasteiger partial charge in [0, 0.05) is 5.92 Å². The molecule has 0 aromatic heterocycles. The molecule has 0 radical (unpaired) electrons. The van der Waals surface area contributed by atoms with Gasteiger partial charge in [-0.15, -0.1) is 0 Å². The number of ether oxygens (including phenoxy) is 1. The molecule has 1 atom stereocenters. The van der Waals surface area contributed by atoms with Crippen LogP contribution in [0.3, 0.4) is 0 Å². The van der Waals surface area contributed by atoms with Crippen LogP contribution in [0.15, 0.2) is 12.3 Å².